The molecule has 4 rings (SSSR count). The second-order valence-corrected chi connectivity index (χ2v) is 10.3. The molecule has 1 saturated heterocycles. The number of nitrogens with zero attached hydrogens (tertiary/aromatic N) is 1. The van der Waals surface area contributed by atoms with Gasteiger partial charge in [-0.15, -0.1) is 0 Å². The van der Waals surface area contributed by atoms with Crippen LogP contribution in [0.4, 0.5) is 0 Å². The fourth-order valence-corrected chi connectivity index (χ4v) is 5.50. The van der Waals surface area contributed by atoms with Gasteiger partial charge < -0.3 is 24.2 Å². The normalized spacial score (nSPS) is 23.8. The minimum absolute atomic E-state index is 0.146. The largest absolute Gasteiger partial charge is 0.493 e. The molecule has 0 spiro atoms. The smallest absolute Gasteiger partial charge is 0.303 e. The first-order valence-corrected chi connectivity index (χ1v) is 12.8. The number of aliphatic hydroxyl groups is 1. The minimum atomic E-state index is -1.03. The summed E-state index contributed by atoms with van der Waals surface area (Å²) in [6.45, 7) is 5.80. The molecule has 2 aliphatic rings. The number of rotatable bonds is 8. The van der Waals surface area contributed by atoms with Crippen LogP contribution in [0.15, 0.2) is 48.5 Å². The third-order valence-electron chi connectivity index (χ3n) is 7.79. The molecule has 0 radical (unpaired) electrons. The quantitative estimate of drug-likeness (QED) is 0.538. The first-order valence-electron chi connectivity index (χ1n) is 12.8. The first-order chi connectivity index (χ1) is 17.2. The SMILES string of the molecule is COc1ccc(C2CN(C(=O)C(OC(C)=O)c3ccccc3)C[C@]2(C)[C@@H](C)O)cc1OC1CCCC1. The average molecular weight is 496 g/mol. The number of hydrogen-bond donors (Lipinski definition) is 1. The molecule has 4 atom stereocenters. The molecule has 2 fully saturated rings. The van der Waals surface area contributed by atoms with E-state index in [4.69, 9.17) is 14.2 Å². The zero-order chi connectivity index (χ0) is 25.9. The number of methoxy groups -OCH3 is 1. The molecule has 1 aliphatic heterocycles. The van der Waals surface area contributed by atoms with Gasteiger partial charge in [-0.1, -0.05) is 43.3 Å². The summed E-state index contributed by atoms with van der Waals surface area (Å²) in [6, 6.07) is 14.9. The molecule has 2 aromatic rings. The number of carbonyl (C=O) groups excluding carboxylic acids is 2. The van der Waals surface area contributed by atoms with Crippen LogP contribution in [0.1, 0.15) is 69.6 Å². The molecule has 2 unspecified atom stereocenters. The van der Waals surface area contributed by atoms with Crippen LogP contribution < -0.4 is 9.47 Å². The highest BCUT2D eigenvalue weighted by molar-refractivity contribution is 5.85. The van der Waals surface area contributed by atoms with E-state index in [2.05, 4.69) is 0 Å². The van der Waals surface area contributed by atoms with Crippen molar-refractivity contribution in [1.29, 1.82) is 0 Å². The lowest BCUT2D eigenvalue weighted by molar-refractivity contribution is -0.159. The van der Waals surface area contributed by atoms with Crippen LogP contribution in [-0.4, -0.2) is 54.3 Å². The Balaban J connectivity index is 1.64. The van der Waals surface area contributed by atoms with Crippen molar-refractivity contribution in [3.63, 3.8) is 0 Å². The molecule has 1 amide bonds. The third kappa shape index (κ3) is 5.36. The van der Waals surface area contributed by atoms with Gasteiger partial charge in [-0.05, 0) is 50.3 Å². The van der Waals surface area contributed by atoms with Gasteiger partial charge in [0.1, 0.15) is 0 Å². The average Bonchev–Trinajstić information content (AvgIpc) is 3.51. The number of amides is 1. The lowest BCUT2D eigenvalue weighted by Crippen LogP contribution is -2.39. The van der Waals surface area contributed by atoms with Gasteiger partial charge in [-0.25, -0.2) is 0 Å². The first kappa shape index (κ1) is 26.0. The second kappa shape index (κ2) is 10.9. The van der Waals surface area contributed by atoms with Crippen molar-refractivity contribution in [2.75, 3.05) is 20.2 Å². The summed E-state index contributed by atoms with van der Waals surface area (Å²) in [6.07, 6.45) is 2.86. The Hall–Kier alpha value is -3.06. The fourth-order valence-electron chi connectivity index (χ4n) is 5.50. The van der Waals surface area contributed by atoms with Crippen LogP contribution >= 0.6 is 0 Å². The van der Waals surface area contributed by atoms with E-state index >= 15 is 0 Å². The van der Waals surface area contributed by atoms with E-state index in [1.807, 2.05) is 43.3 Å². The highest BCUT2D eigenvalue weighted by Gasteiger charge is 2.49. The van der Waals surface area contributed by atoms with Crippen LogP contribution in [0.2, 0.25) is 0 Å². The lowest BCUT2D eigenvalue weighted by atomic mass is 9.72. The van der Waals surface area contributed by atoms with E-state index in [0.29, 0.717) is 30.2 Å². The van der Waals surface area contributed by atoms with Gasteiger partial charge in [0.25, 0.3) is 5.91 Å². The van der Waals surface area contributed by atoms with Crippen LogP contribution in [-0.2, 0) is 14.3 Å². The maximum atomic E-state index is 13.7. The van der Waals surface area contributed by atoms with Crippen molar-refractivity contribution in [1.82, 2.24) is 4.90 Å². The number of likely N-dealkylation sites (tertiary alicyclic amines) is 1. The van der Waals surface area contributed by atoms with E-state index < -0.39 is 23.6 Å². The number of ether oxygens (including phenoxy) is 3. The summed E-state index contributed by atoms with van der Waals surface area (Å²) >= 11 is 0. The fraction of sp³-hybridized carbons (Fsp3) is 0.517. The van der Waals surface area contributed by atoms with Crippen molar-refractivity contribution in [2.24, 2.45) is 5.41 Å². The minimum Gasteiger partial charge on any atom is -0.493 e. The number of benzene rings is 2. The molecule has 1 heterocycles. The summed E-state index contributed by atoms with van der Waals surface area (Å²) in [5.74, 6) is 0.417. The monoisotopic (exact) mass is 495 g/mol. The number of esters is 1. The summed E-state index contributed by atoms with van der Waals surface area (Å²) < 4.78 is 17.4. The molecular formula is C29H37NO6. The van der Waals surface area contributed by atoms with Crippen LogP contribution in [0, 0.1) is 5.41 Å². The Labute approximate surface area is 213 Å². The molecule has 1 aliphatic carbocycles. The van der Waals surface area contributed by atoms with Crippen molar-refractivity contribution >= 4 is 11.9 Å². The van der Waals surface area contributed by atoms with Gasteiger partial charge in [0.2, 0.25) is 6.10 Å². The Morgan fingerprint density at radius 1 is 1.08 bits per heavy atom. The van der Waals surface area contributed by atoms with Gasteiger partial charge in [0.15, 0.2) is 11.5 Å². The van der Waals surface area contributed by atoms with Crippen molar-refractivity contribution in [3.8, 4) is 11.5 Å². The van der Waals surface area contributed by atoms with Crippen molar-refractivity contribution in [3.05, 3.63) is 59.7 Å². The van der Waals surface area contributed by atoms with E-state index in [1.54, 1.807) is 31.1 Å². The molecule has 0 aromatic heterocycles. The van der Waals surface area contributed by atoms with Crippen LogP contribution in [0.3, 0.4) is 0 Å². The zero-order valence-electron chi connectivity index (χ0n) is 21.6. The summed E-state index contributed by atoms with van der Waals surface area (Å²) in [5.41, 5.74) is 0.995. The molecule has 2 aromatic carbocycles. The molecule has 1 saturated carbocycles. The van der Waals surface area contributed by atoms with Gasteiger partial charge in [0.05, 0.1) is 19.3 Å². The molecule has 7 heteroatoms. The molecule has 7 nitrogen and oxygen atoms in total. The predicted molar refractivity (Wildman–Crippen MR) is 136 cm³/mol. The number of carbonyl (C=O) groups is 2. The Kier molecular flexibility index (Phi) is 7.88. The van der Waals surface area contributed by atoms with Gasteiger partial charge in [-0.2, -0.15) is 0 Å². The lowest BCUT2D eigenvalue weighted by Gasteiger charge is -2.34. The third-order valence-corrected chi connectivity index (χ3v) is 7.79. The van der Waals surface area contributed by atoms with Crippen LogP contribution in [0.5, 0.6) is 11.5 Å². The molecular weight excluding hydrogens is 458 g/mol. The van der Waals surface area contributed by atoms with E-state index in [-0.39, 0.29) is 17.9 Å². The van der Waals surface area contributed by atoms with E-state index in [9.17, 15) is 14.7 Å². The number of hydrogen-bond acceptors (Lipinski definition) is 6. The highest BCUT2D eigenvalue weighted by Crippen LogP contribution is 2.47. The number of aliphatic hydroxyl groups excluding tert-OH is 1. The Morgan fingerprint density at radius 2 is 1.78 bits per heavy atom. The molecule has 1 N–H and O–H groups in total. The molecule has 194 valence electrons. The maximum absolute atomic E-state index is 13.7. The second-order valence-electron chi connectivity index (χ2n) is 10.3. The highest BCUT2D eigenvalue weighted by atomic mass is 16.5. The van der Waals surface area contributed by atoms with E-state index in [1.165, 1.54) is 6.92 Å². The van der Waals surface area contributed by atoms with E-state index in [0.717, 1.165) is 31.2 Å². The topological polar surface area (TPSA) is 85.3 Å². The van der Waals surface area contributed by atoms with Gasteiger partial charge in [0, 0.05) is 36.9 Å². The summed E-state index contributed by atoms with van der Waals surface area (Å²) in [4.78, 5) is 27.2. The Bertz CT molecular complexity index is 1060. The predicted octanol–water partition coefficient (Wildman–Crippen LogP) is 4.63. The standard InChI is InChI=1S/C29H37NO6/c1-19(31)29(3)18-30(28(33)27(35-20(2)32)21-10-6-5-7-11-21)17-24(29)22-14-15-25(34-4)26(16-22)36-23-12-8-9-13-23/h5-7,10-11,14-16,19,23-24,27,31H,8-9,12-13,17-18H2,1-4H3/t19-,24?,27?,29-/m1/s1. The molecule has 36 heavy (non-hydrogen) atoms. The van der Waals surface area contributed by atoms with Gasteiger partial charge in [-0.3, -0.25) is 9.59 Å². The maximum Gasteiger partial charge on any atom is 0.303 e. The summed E-state index contributed by atoms with van der Waals surface area (Å²) in [7, 11) is 1.63. The summed E-state index contributed by atoms with van der Waals surface area (Å²) in [5, 5.41) is 10.9. The Morgan fingerprint density at radius 3 is 2.39 bits per heavy atom. The van der Waals surface area contributed by atoms with Crippen molar-refractivity contribution < 1.29 is 28.9 Å². The molecule has 0 bridgehead atoms. The van der Waals surface area contributed by atoms with Gasteiger partial charge >= 0.3 is 5.97 Å². The zero-order valence-corrected chi connectivity index (χ0v) is 21.6. The van der Waals surface area contributed by atoms with Crippen LogP contribution in [0.25, 0.3) is 0 Å². The van der Waals surface area contributed by atoms with Crippen molar-refractivity contribution in [2.45, 2.75) is 70.7 Å².